The second kappa shape index (κ2) is 7.39. The lowest BCUT2D eigenvalue weighted by molar-refractivity contribution is -0.385. The van der Waals surface area contributed by atoms with Crippen molar-refractivity contribution in [2.45, 2.75) is 12.8 Å². The van der Waals surface area contributed by atoms with Crippen molar-refractivity contribution in [2.75, 3.05) is 0 Å². The molecule has 0 radical (unpaired) electrons. The summed E-state index contributed by atoms with van der Waals surface area (Å²) in [5.41, 5.74) is 0.158. The van der Waals surface area contributed by atoms with E-state index in [2.05, 4.69) is 0 Å². The molecule has 2 rings (SSSR count). The Morgan fingerprint density at radius 1 is 1.26 bits per heavy atom. The second-order valence-corrected chi connectivity index (χ2v) is 5.34. The molecule has 2 aromatic carbocycles. The van der Waals surface area contributed by atoms with E-state index in [4.69, 9.17) is 27.9 Å². The van der Waals surface area contributed by atoms with E-state index in [1.807, 2.05) is 0 Å². The number of nitro groups is 1. The summed E-state index contributed by atoms with van der Waals surface area (Å²) in [4.78, 5) is 21.9. The third kappa shape index (κ3) is 4.40. The number of carbonyl (C=O) groups excluding carboxylic acids is 1. The zero-order chi connectivity index (χ0) is 17.0. The molecule has 0 spiro atoms. The summed E-state index contributed by atoms with van der Waals surface area (Å²) in [5, 5.41) is 11.5. The van der Waals surface area contributed by atoms with E-state index in [9.17, 15) is 19.3 Å². The molecule has 0 atom stereocenters. The van der Waals surface area contributed by atoms with Crippen molar-refractivity contribution in [3.05, 3.63) is 67.9 Å². The zero-order valence-electron chi connectivity index (χ0n) is 11.6. The predicted octanol–water partition coefficient (Wildman–Crippen LogP) is 4.58. The van der Waals surface area contributed by atoms with Gasteiger partial charge < -0.3 is 4.74 Å². The monoisotopic (exact) mass is 357 g/mol. The van der Waals surface area contributed by atoms with E-state index in [0.717, 1.165) is 18.2 Å². The van der Waals surface area contributed by atoms with Gasteiger partial charge in [0.25, 0.3) is 0 Å². The summed E-state index contributed by atoms with van der Waals surface area (Å²) in [6.45, 7) is 0. The summed E-state index contributed by atoms with van der Waals surface area (Å²) >= 11 is 11.9. The van der Waals surface area contributed by atoms with Crippen molar-refractivity contribution in [1.82, 2.24) is 0 Å². The van der Waals surface area contributed by atoms with Crippen LogP contribution >= 0.6 is 23.2 Å². The molecule has 0 aliphatic heterocycles. The van der Waals surface area contributed by atoms with Crippen LogP contribution in [0.4, 0.5) is 10.1 Å². The smallest absolute Gasteiger partial charge is 0.311 e. The quantitative estimate of drug-likeness (QED) is 0.340. The van der Waals surface area contributed by atoms with Crippen LogP contribution in [0.25, 0.3) is 0 Å². The predicted molar refractivity (Wildman–Crippen MR) is 83.5 cm³/mol. The maximum absolute atomic E-state index is 13.2. The van der Waals surface area contributed by atoms with Gasteiger partial charge in [-0.2, -0.15) is 0 Å². The molecular formula is C15H10Cl2FNO4. The minimum Gasteiger partial charge on any atom is -0.419 e. The lowest BCUT2D eigenvalue weighted by Crippen LogP contribution is -2.10. The van der Waals surface area contributed by atoms with Crippen LogP contribution in [0.15, 0.2) is 36.4 Å². The Morgan fingerprint density at radius 2 is 2.00 bits per heavy atom. The molecule has 0 N–H and O–H groups in total. The number of carbonyl (C=O) groups is 1. The fraction of sp³-hybridized carbons (Fsp3) is 0.133. The Labute approximate surface area is 140 Å². The van der Waals surface area contributed by atoms with Crippen molar-refractivity contribution in [2.24, 2.45) is 0 Å². The number of benzene rings is 2. The number of hydrogen-bond acceptors (Lipinski definition) is 4. The number of rotatable bonds is 5. The molecule has 0 fully saturated rings. The standard InChI is InChI=1S/C15H10Cl2FNO4/c16-11-3-1-2-9(15(11)17)4-7-14(20)23-13-8-10(18)5-6-12(13)19(21)22/h1-3,5-6,8H,4,7H2. The Morgan fingerprint density at radius 3 is 2.70 bits per heavy atom. The van der Waals surface area contributed by atoms with Gasteiger partial charge in [-0.05, 0) is 24.1 Å². The van der Waals surface area contributed by atoms with Crippen molar-refractivity contribution in [1.29, 1.82) is 0 Å². The number of nitrogens with zero attached hydrogens (tertiary/aromatic N) is 1. The molecule has 5 nitrogen and oxygen atoms in total. The van der Waals surface area contributed by atoms with E-state index in [1.54, 1.807) is 18.2 Å². The average Bonchev–Trinajstić information content (AvgIpc) is 2.48. The van der Waals surface area contributed by atoms with Crippen molar-refractivity contribution in [3.8, 4) is 5.75 Å². The summed E-state index contributed by atoms with van der Waals surface area (Å²) in [7, 11) is 0. The van der Waals surface area contributed by atoms with Gasteiger partial charge in [0.1, 0.15) is 5.82 Å². The van der Waals surface area contributed by atoms with Gasteiger partial charge in [-0.15, -0.1) is 0 Å². The number of ether oxygens (including phenoxy) is 1. The normalized spacial score (nSPS) is 10.4. The van der Waals surface area contributed by atoms with Crippen LogP contribution in [-0.4, -0.2) is 10.9 Å². The first-order valence-electron chi connectivity index (χ1n) is 6.46. The molecular weight excluding hydrogens is 348 g/mol. The highest BCUT2D eigenvalue weighted by atomic mass is 35.5. The molecule has 0 heterocycles. The zero-order valence-corrected chi connectivity index (χ0v) is 13.1. The first-order chi connectivity index (χ1) is 10.9. The average molecular weight is 358 g/mol. The molecule has 0 unspecified atom stereocenters. The fourth-order valence-corrected chi connectivity index (χ4v) is 2.29. The van der Waals surface area contributed by atoms with Crippen LogP contribution < -0.4 is 4.74 Å². The van der Waals surface area contributed by atoms with Crippen LogP contribution in [0.2, 0.25) is 10.0 Å². The van der Waals surface area contributed by atoms with E-state index in [0.29, 0.717) is 15.6 Å². The van der Waals surface area contributed by atoms with Gasteiger partial charge in [-0.25, -0.2) is 4.39 Å². The van der Waals surface area contributed by atoms with Gasteiger partial charge in [-0.3, -0.25) is 14.9 Å². The molecule has 0 bridgehead atoms. The highest BCUT2D eigenvalue weighted by Crippen LogP contribution is 2.29. The molecule has 8 heteroatoms. The van der Waals surface area contributed by atoms with Gasteiger partial charge in [0.15, 0.2) is 0 Å². The molecule has 0 saturated heterocycles. The van der Waals surface area contributed by atoms with Crippen LogP contribution in [0.1, 0.15) is 12.0 Å². The van der Waals surface area contributed by atoms with E-state index in [-0.39, 0.29) is 12.8 Å². The number of aryl methyl sites for hydroxylation is 1. The Kier molecular flexibility index (Phi) is 5.52. The summed E-state index contributed by atoms with van der Waals surface area (Å²) < 4.78 is 18.0. The highest BCUT2D eigenvalue weighted by Gasteiger charge is 2.19. The minimum atomic E-state index is -0.754. The van der Waals surface area contributed by atoms with Crippen LogP contribution in [0.5, 0.6) is 5.75 Å². The Hall–Kier alpha value is -2.18. The molecule has 0 saturated carbocycles. The Balaban J connectivity index is 2.07. The van der Waals surface area contributed by atoms with Crippen LogP contribution in [0.3, 0.4) is 0 Å². The lowest BCUT2D eigenvalue weighted by atomic mass is 10.1. The first kappa shape index (κ1) is 17.2. The van der Waals surface area contributed by atoms with Gasteiger partial charge in [0.2, 0.25) is 5.75 Å². The first-order valence-corrected chi connectivity index (χ1v) is 7.21. The van der Waals surface area contributed by atoms with Crippen molar-refractivity contribution >= 4 is 34.9 Å². The van der Waals surface area contributed by atoms with Crippen molar-refractivity contribution in [3.63, 3.8) is 0 Å². The highest BCUT2D eigenvalue weighted by molar-refractivity contribution is 6.42. The SMILES string of the molecule is O=C(CCc1cccc(Cl)c1Cl)Oc1cc(F)ccc1[N+](=O)[O-]. The number of halogens is 3. The van der Waals surface area contributed by atoms with Gasteiger partial charge in [0, 0.05) is 12.1 Å². The van der Waals surface area contributed by atoms with E-state index < -0.39 is 28.1 Å². The Bertz CT molecular complexity index is 767. The third-order valence-electron chi connectivity index (χ3n) is 2.97. The van der Waals surface area contributed by atoms with Gasteiger partial charge in [0.05, 0.1) is 21.4 Å². The topological polar surface area (TPSA) is 69.4 Å². The summed E-state index contributed by atoms with van der Waals surface area (Å²) in [6.07, 6.45) is 0.148. The third-order valence-corrected chi connectivity index (χ3v) is 3.83. The molecule has 0 aromatic heterocycles. The fourth-order valence-electron chi connectivity index (χ4n) is 1.87. The minimum absolute atomic E-state index is 0.0896. The second-order valence-electron chi connectivity index (χ2n) is 4.56. The van der Waals surface area contributed by atoms with Crippen molar-refractivity contribution < 1.29 is 18.8 Å². The maximum atomic E-state index is 13.2. The maximum Gasteiger partial charge on any atom is 0.311 e. The van der Waals surface area contributed by atoms with Gasteiger partial charge in [-0.1, -0.05) is 35.3 Å². The largest absolute Gasteiger partial charge is 0.419 e. The number of esters is 1. The molecule has 0 aliphatic carbocycles. The number of hydrogen-bond donors (Lipinski definition) is 0. The molecule has 0 aliphatic rings. The summed E-state index contributed by atoms with van der Waals surface area (Å²) in [5.74, 6) is -1.91. The lowest BCUT2D eigenvalue weighted by Gasteiger charge is -2.07. The van der Waals surface area contributed by atoms with E-state index in [1.165, 1.54) is 0 Å². The van der Waals surface area contributed by atoms with E-state index >= 15 is 0 Å². The molecule has 120 valence electrons. The molecule has 0 amide bonds. The van der Waals surface area contributed by atoms with Crippen LogP contribution in [0, 0.1) is 15.9 Å². The number of nitro benzene ring substituents is 1. The van der Waals surface area contributed by atoms with Gasteiger partial charge >= 0.3 is 11.7 Å². The summed E-state index contributed by atoms with van der Waals surface area (Å²) in [6, 6.07) is 7.65. The molecule has 23 heavy (non-hydrogen) atoms. The molecule has 2 aromatic rings. The van der Waals surface area contributed by atoms with Crippen LogP contribution in [-0.2, 0) is 11.2 Å².